The fourth-order valence-corrected chi connectivity index (χ4v) is 2.78. The molecular weight excluding hydrogens is 382 g/mol. The number of methoxy groups -OCH3 is 1. The predicted octanol–water partition coefficient (Wildman–Crippen LogP) is -0.240. The van der Waals surface area contributed by atoms with Crippen LogP contribution >= 0.6 is 0 Å². The maximum absolute atomic E-state index is 12.5. The van der Waals surface area contributed by atoms with E-state index in [1.165, 1.54) is 13.2 Å². The predicted molar refractivity (Wildman–Crippen MR) is 105 cm³/mol. The van der Waals surface area contributed by atoms with Crippen LogP contribution in [0.15, 0.2) is 17.3 Å². The molecule has 1 fully saturated rings. The molecule has 1 saturated heterocycles. The van der Waals surface area contributed by atoms with E-state index in [1.807, 2.05) is 20.8 Å². The third-order valence-electron chi connectivity index (χ3n) is 4.46. The van der Waals surface area contributed by atoms with Crippen LogP contribution in [0.1, 0.15) is 33.6 Å². The molecule has 0 aromatic carbocycles. The molecule has 0 aromatic heterocycles. The van der Waals surface area contributed by atoms with Gasteiger partial charge in [0.15, 0.2) is 6.10 Å². The lowest BCUT2D eigenvalue weighted by atomic mass is 9.94. The first-order valence-electron chi connectivity index (χ1n) is 9.38. The SMILES string of the molecule is CO[C@@H](C(=O)N[C@H]1CC[C@H](N=[N+]=[N-])CNC1=O)[C@H](O)[C@@H](O)[C@H](O)/C=C/C(C)(C)C. The van der Waals surface area contributed by atoms with Gasteiger partial charge in [-0.2, -0.15) is 0 Å². The number of carbonyl (C=O) groups is 2. The molecule has 29 heavy (non-hydrogen) atoms. The zero-order chi connectivity index (χ0) is 22.2. The van der Waals surface area contributed by atoms with E-state index in [2.05, 4.69) is 20.7 Å². The summed E-state index contributed by atoms with van der Waals surface area (Å²) < 4.78 is 5.00. The molecule has 2 amide bonds. The first kappa shape index (κ1) is 24.9. The van der Waals surface area contributed by atoms with Gasteiger partial charge < -0.3 is 30.7 Å². The van der Waals surface area contributed by atoms with Gasteiger partial charge in [0.1, 0.15) is 24.4 Å². The van der Waals surface area contributed by atoms with Gasteiger partial charge in [0.05, 0.1) is 6.04 Å². The van der Waals surface area contributed by atoms with Crippen molar-refractivity contribution >= 4 is 11.8 Å². The summed E-state index contributed by atoms with van der Waals surface area (Å²) in [5, 5.41) is 39.2. The van der Waals surface area contributed by atoms with Crippen molar-refractivity contribution in [3.05, 3.63) is 22.6 Å². The van der Waals surface area contributed by atoms with Crippen LogP contribution in [0.25, 0.3) is 10.4 Å². The monoisotopic (exact) mass is 413 g/mol. The van der Waals surface area contributed by atoms with E-state index in [0.717, 1.165) is 0 Å². The highest BCUT2D eigenvalue weighted by atomic mass is 16.5. The van der Waals surface area contributed by atoms with Crippen LogP contribution in [0.5, 0.6) is 0 Å². The highest BCUT2D eigenvalue weighted by Crippen LogP contribution is 2.17. The Balaban J connectivity index is 2.78. The summed E-state index contributed by atoms with van der Waals surface area (Å²) >= 11 is 0. The molecule has 0 spiro atoms. The van der Waals surface area contributed by atoms with E-state index >= 15 is 0 Å². The van der Waals surface area contributed by atoms with Crippen molar-refractivity contribution in [3.8, 4) is 0 Å². The highest BCUT2D eigenvalue weighted by molar-refractivity contribution is 5.89. The van der Waals surface area contributed by atoms with Crippen molar-refractivity contribution in [2.24, 2.45) is 10.5 Å². The van der Waals surface area contributed by atoms with Crippen molar-refractivity contribution in [3.63, 3.8) is 0 Å². The Morgan fingerprint density at radius 2 is 2.00 bits per heavy atom. The van der Waals surface area contributed by atoms with Crippen molar-refractivity contribution in [1.82, 2.24) is 10.6 Å². The van der Waals surface area contributed by atoms with E-state index in [-0.39, 0.29) is 18.4 Å². The van der Waals surface area contributed by atoms with E-state index < -0.39 is 48.3 Å². The lowest BCUT2D eigenvalue weighted by Gasteiger charge is -2.28. The third-order valence-corrected chi connectivity index (χ3v) is 4.46. The van der Waals surface area contributed by atoms with Gasteiger partial charge in [0, 0.05) is 18.6 Å². The number of hydrogen-bond acceptors (Lipinski definition) is 7. The fourth-order valence-electron chi connectivity index (χ4n) is 2.78. The Labute approximate surface area is 169 Å². The second-order valence-electron chi connectivity index (χ2n) is 8.10. The topological polar surface area (TPSA) is 177 Å². The number of nitrogens with zero attached hydrogens (tertiary/aromatic N) is 3. The Morgan fingerprint density at radius 1 is 1.34 bits per heavy atom. The number of aliphatic hydroxyl groups is 3. The fraction of sp³-hybridized carbons (Fsp3) is 0.778. The molecule has 5 N–H and O–H groups in total. The van der Waals surface area contributed by atoms with Crippen molar-refractivity contribution in [1.29, 1.82) is 0 Å². The molecule has 1 aliphatic rings. The van der Waals surface area contributed by atoms with Crippen molar-refractivity contribution < 1.29 is 29.6 Å². The molecular formula is C18H31N5O6. The first-order valence-corrected chi connectivity index (χ1v) is 9.38. The van der Waals surface area contributed by atoms with Gasteiger partial charge >= 0.3 is 0 Å². The summed E-state index contributed by atoms with van der Waals surface area (Å²) in [6, 6.07) is -1.32. The summed E-state index contributed by atoms with van der Waals surface area (Å²) in [6.45, 7) is 5.86. The summed E-state index contributed by atoms with van der Waals surface area (Å²) in [4.78, 5) is 27.4. The van der Waals surface area contributed by atoms with Crippen LogP contribution < -0.4 is 10.6 Å². The number of rotatable bonds is 8. The Kier molecular flexibility index (Phi) is 9.54. The number of nitrogens with one attached hydrogen (secondary N) is 2. The van der Waals surface area contributed by atoms with Gasteiger partial charge in [0.25, 0.3) is 5.91 Å². The second kappa shape index (κ2) is 11.1. The Bertz CT molecular complexity index is 643. The van der Waals surface area contributed by atoms with E-state index in [0.29, 0.717) is 6.42 Å². The summed E-state index contributed by atoms with van der Waals surface area (Å²) in [7, 11) is 1.17. The minimum atomic E-state index is -1.73. The number of hydrogen-bond donors (Lipinski definition) is 5. The van der Waals surface area contributed by atoms with Crippen LogP contribution in [0.3, 0.4) is 0 Å². The molecule has 0 unspecified atom stereocenters. The maximum atomic E-state index is 12.5. The molecule has 0 bridgehead atoms. The molecule has 1 heterocycles. The molecule has 0 aromatic rings. The molecule has 0 radical (unpaired) electrons. The van der Waals surface area contributed by atoms with E-state index in [9.17, 15) is 24.9 Å². The average Bonchev–Trinajstić information content (AvgIpc) is 2.81. The molecule has 11 nitrogen and oxygen atoms in total. The minimum absolute atomic E-state index is 0.163. The Morgan fingerprint density at radius 3 is 2.55 bits per heavy atom. The van der Waals surface area contributed by atoms with Crippen molar-refractivity contribution in [2.75, 3.05) is 13.7 Å². The lowest BCUT2D eigenvalue weighted by molar-refractivity contribution is -0.150. The molecule has 1 aliphatic heterocycles. The third kappa shape index (κ3) is 8.00. The average molecular weight is 413 g/mol. The minimum Gasteiger partial charge on any atom is -0.387 e. The zero-order valence-corrected chi connectivity index (χ0v) is 17.1. The highest BCUT2D eigenvalue weighted by Gasteiger charge is 2.37. The molecule has 11 heteroatoms. The van der Waals surface area contributed by atoms with Crippen molar-refractivity contribution in [2.45, 2.75) is 70.1 Å². The maximum Gasteiger partial charge on any atom is 0.252 e. The van der Waals surface area contributed by atoms with Gasteiger partial charge in [-0.25, -0.2) is 0 Å². The van der Waals surface area contributed by atoms with E-state index in [4.69, 9.17) is 10.3 Å². The number of ether oxygens (including phenoxy) is 1. The Hall–Kier alpha value is -2.17. The summed E-state index contributed by atoms with van der Waals surface area (Å²) in [6.07, 6.45) is -2.71. The number of aliphatic hydroxyl groups excluding tert-OH is 3. The summed E-state index contributed by atoms with van der Waals surface area (Å²) in [5.74, 6) is -1.26. The normalized spacial score (nSPS) is 24.6. The number of azide groups is 1. The van der Waals surface area contributed by atoms with Gasteiger partial charge in [-0.15, -0.1) is 0 Å². The van der Waals surface area contributed by atoms with Crippen LogP contribution in [0, 0.1) is 5.41 Å². The van der Waals surface area contributed by atoms with Gasteiger partial charge in [-0.05, 0) is 23.8 Å². The second-order valence-corrected chi connectivity index (χ2v) is 8.10. The zero-order valence-electron chi connectivity index (χ0n) is 17.1. The van der Waals surface area contributed by atoms with Crippen LogP contribution in [-0.4, -0.2) is 77.3 Å². The van der Waals surface area contributed by atoms with Crippen LogP contribution in [0.2, 0.25) is 0 Å². The number of allylic oxidation sites excluding steroid dienone is 1. The molecule has 0 saturated carbocycles. The number of amides is 2. The van der Waals surface area contributed by atoms with Gasteiger partial charge in [0.2, 0.25) is 5.91 Å². The molecule has 164 valence electrons. The standard InChI is InChI=1S/C18H31N5O6/c1-18(2,3)8-7-12(24)13(25)14(26)15(29-4)17(28)21-11-6-5-10(22-23-19)9-20-16(11)27/h7-8,10-15,24-26H,5-6,9H2,1-4H3,(H,20,27)(H,21,28)/b8-7+/t10-,11-,12+,13-,14+,15+/m0/s1. The van der Waals surface area contributed by atoms with Crippen LogP contribution in [-0.2, 0) is 14.3 Å². The molecule has 0 aliphatic carbocycles. The first-order chi connectivity index (χ1) is 13.5. The smallest absolute Gasteiger partial charge is 0.252 e. The quantitative estimate of drug-likeness (QED) is 0.159. The summed E-state index contributed by atoms with van der Waals surface area (Å²) in [5.41, 5.74) is 8.27. The van der Waals surface area contributed by atoms with E-state index in [1.54, 1.807) is 6.08 Å². The van der Waals surface area contributed by atoms with Gasteiger partial charge in [-0.3, -0.25) is 9.59 Å². The molecule has 6 atom stereocenters. The van der Waals surface area contributed by atoms with Crippen LogP contribution in [0.4, 0.5) is 0 Å². The van der Waals surface area contributed by atoms with Gasteiger partial charge in [-0.1, -0.05) is 38.0 Å². The lowest BCUT2D eigenvalue weighted by Crippen LogP contribution is -2.55. The molecule has 1 rings (SSSR count). The largest absolute Gasteiger partial charge is 0.387 e. The number of carbonyl (C=O) groups excluding carboxylic acids is 2.